The number of nitrogens with one attached hydrogen (secondary N) is 3. The minimum absolute atomic E-state index is 0.174. The number of carbonyl (C=O) groups excluding carboxylic acids is 2. The van der Waals surface area contributed by atoms with Gasteiger partial charge in [0, 0.05) is 31.3 Å². The molecule has 0 aliphatic carbocycles. The monoisotopic (exact) mass is 291 g/mol. The van der Waals surface area contributed by atoms with E-state index in [4.69, 9.17) is 4.52 Å². The van der Waals surface area contributed by atoms with Gasteiger partial charge in [0.05, 0.1) is 0 Å². The highest BCUT2D eigenvalue weighted by Crippen LogP contribution is 2.14. The van der Waals surface area contributed by atoms with Crippen LogP contribution >= 0.6 is 0 Å². The Hall–Kier alpha value is -2.64. The normalized spacial score (nSPS) is 10.6. The van der Waals surface area contributed by atoms with Gasteiger partial charge in [0.15, 0.2) is 5.69 Å². The zero-order valence-corrected chi connectivity index (χ0v) is 11.8. The summed E-state index contributed by atoms with van der Waals surface area (Å²) in [7, 11) is 0. The largest absolute Gasteiger partial charge is 0.360 e. The number of nitrogens with zero attached hydrogens (tertiary/aromatic N) is 2. The molecule has 0 bridgehead atoms. The maximum atomic E-state index is 11.8. The van der Waals surface area contributed by atoms with Crippen LogP contribution in [0.4, 0.5) is 0 Å². The van der Waals surface area contributed by atoms with Crippen molar-refractivity contribution in [3.8, 4) is 0 Å². The Kier molecular flexibility index (Phi) is 4.70. The number of H-pyrrole nitrogens is 1. The number of rotatable bonds is 6. The molecule has 0 radical (unpaired) electrons. The Bertz CT molecular complexity index is 603. The second kappa shape index (κ2) is 6.69. The lowest BCUT2D eigenvalue weighted by Crippen LogP contribution is -2.34. The SMILES string of the molecule is CC(C)c1cc(C(=O)NCCNC(=O)c2ccn[nH]2)no1. The van der Waals surface area contributed by atoms with E-state index < -0.39 is 0 Å². The number of carbonyl (C=O) groups is 2. The minimum atomic E-state index is -0.332. The summed E-state index contributed by atoms with van der Waals surface area (Å²) in [6.45, 7) is 4.50. The van der Waals surface area contributed by atoms with E-state index in [1.165, 1.54) is 6.20 Å². The summed E-state index contributed by atoms with van der Waals surface area (Å²) in [4.78, 5) is 23.4. The highest BCUT2D eigenvalue weighted by atomic mass is 16.5. The summed E-state index contributed by atoms with van der Waals surface area (Å²) in [6, 6.07) is 3.18. The topological polar surface area (TPSA) is 113 Å². The van der Waals surface area contributed by atoms with E-state index in [-0.39, 0.29) is 23.4 Å². The van der Waals surface area contributed by atoms with E-state index in [0.717, 1.165) is 0 Å². The van der Waals surface area contributed by atoms with Gasteiger partial charge >= 0.3 is 0 Å². The standard InChI is InChI=1S/C13H17N5O3/c1-8(2)11-7-10(18-21-11)13(20)15-6-5-14-12(19)9-3-4-16-17-9/h3-4,7-8H,5-6H2,1-2H3,(H,14,19)(H,15,20)(H,16,17). The summed E-state index contributed by atoms with van der Waals surface area (Å²) in [5, 5.41) is 15.2. The summed E-state index contributed by atoms with van der Waals surface area (Å²) in [5.74, 6) is 0.229. The van der Waals surface area contributed by atoms with Gasteiger partial charge in [0.1, 0.15) is 11.5 Å². The van der Waals surface area contributed by atoms with Crippen LogP contribution < -0.4 is 10.6 Å². The van der Waals surface area contributed by atoms with Crippen molar-refractivity contribution in [2.45, 2.75) is 19.8 Å². The van der Waals surface area contributed by atoms with Crippen LogP contribution in [0.15, 0.2) is 22.9 Å². The highest BCUT2D eigenvalue weighted by Gasteiger charge is 2.14. The lowest BCUT2D eigenvalue weighted by Gasteiger charge is -2.04. The van der Waals surface area contributed by atoms with Crippen molar-refractivity contribution < 1.29 is 14.1 Å². The third-order valence-corrected chi connectivity index (χ3v) is 2.77. The van der Waals surface area contributed by atoms with Crippen LogP contribution in [-0.4, -0.2) is 40.3 Å². The summed E-state index contributed by atoms with van der Waals surface area (Å²) in [6.07, 6.45) is 1.49. The van der Waals surface area contributed by atoms with Crippen molar-refractivity contribution >= 4 is 11.8 Å². The predicted molar refractivity (Wildman–Crippen MR) is 73.8 cm³/mol. The van der Waals surface area contributed by atoms with Crippen LogP contribution in [0.3, 0.4) is 0 Å². The number of amides is 2. The molecule has 2 amide bonds. The molecule has 3 N–H and O–H groups in total. The zero-order chi connectivity index (χ0) is 15.2. The molecule has 0 spiro atoms. The van der Waals surface area contributed by atoms with Crippen LogP contribution in [0.5, 0.6) is 0 Å². The van der Waals surface area contributed by atoms with E-state index in [9.17, 15) is 9.59 Å². The minimum Gasteiger partial charge on any atom is -0.360 e. The van der Waals surface area contributed by atoms with E-state index >= 15 is 0 Å². The van der Waals surface area contributed by atoms with Gasteiger partial charge in [-0.05, 0) is 6.07 Å². The molecule has 0 aliphatic heterocycles. The molecule has 0 aliphatic rings. The second-order valence-electron chi connectivity index (χ2n) is 4.75. The second-order valence-corrected chi connectivity index (χ2v) is 4.75. The molecular weight excluding hydrogens is 274 g/mol. The van der Waals surface area contributed by atoms with Crippen molar-refractivity contribution in [3.63, 3.8) is 0 Å². The van der Waals surface area contributed by atoms with E-state index in [1.807, 2.05) is 13.8 Å². The van der Waals surface area contributed by atoms with Crippen molar-refractivity contribution in [2.24, 2.45) is 0 Å². The van der Waals surface area contributed by atoms with Crippen LogP contribution in [0.2, 0.25) is 0 Å². The first kappa shape index (κ1) is 14.8. The Labute approximate surface area is 121 Å². The molecule has 0 unspecified atom stereocenters. The fourth-order valence-electron chi connectivity index (χ4n) is 1.59. The quantitative estimate of drug-likeness (QED) is 0.677. The molecule has 2 rings (SSSR count). The van der Waals surface area contributed by atoms with E-state index in [1.54, 1.807) is 12.1 Å². The number of hydrogen-bond acceptors (Lipinski definition) is 5. The van der Waals surface area contributed by atoms with Crippen molar-refractivity contribution in [3.05, 3.63) is 35.5 Å². The van der Waals surface area contributed by atoms with E-state index in [2.05, 4.69) is 26.0 Å². The number of aromatic amines is 1. The first-order valence-electron chi connectivity index (χ1n) is 6.60. The lowest BCUT2D eigenvalue weighted by atomic mass is 10.1. The van der Waals surface area contributed by atoms with Gasteiger partial charge < -0.3 is 15.2 Å². The molecule has 0 atom stereocenters. The van der Waals surface area contributed by atoms with Gasteiger partial charge in [-0.3, -0.25) is 14.7 Å². The molecule has 0 saturated carbocycles. The first-order chi connectivity index (χ1) is 10.1. The Balaban J connectivity index is 1.73. The van der Waals surface area contributed by atoms with Crippen LogP contribution in [0.25, 0.3) is 0 Å². The molecule has 112 valence electrons. The average molecular weight is 291 g/mol. The molecule has 0 fully saturated rings. The first-order valence-corrected chi connectivity index (χ1v) is 6.60. The lowest BCUT2D eigenvalue weighted by molar-refractivity contribution is 0.0920. The van der Waals surface area contributed by atoms with Gasteiger partial charge in [0.25, 0.3) is 11.8 Å². The molecular formula is C13H17N5O3. The Morgan fingerprint density at radius 1 is 1.29 bits per heavy atom. The summed E-state index contributed by atoms with van der Waals surface area (Å²) in [5.41, 5.74) is 0.609. The molecule has 2 aromatic rings. The van der Waals surface area contributed by atoms with Crippen LogP contribution in [0, 0.1) is 0 Å². The number of aromatic nitrogens is 3. The maximum Gasteiger partial charge on any atom is 0.273 e. The highest BCUT2D eigenvalue weighted by molar-refractivity contribution is 5.93. The van der Waals surface area contributed by atoms with Gasteiger partial charge in [-0.15, -0.1) is 0 Å². The van der Waals surface area contributed by atoms with Crippen LogP contribution in [0.1, 0.15) is 46.5 Å². The molecule has 0 aromatic carbocycles. The zero-order valence-electron chi connectivity index (χ0n) is 11.8. The third-order valence-electron chi connectivity index (χ3n) is 2.77. The molecule has 0 saturated heterocycles. The van der Waals surface area contributed by atoms with Gasteiger partial charge in [0.2, 0.25) is 0 Å². The van der Waals surface area contributed by atoms with Gasteiger partial charge in [-0.2, -0.15) is 5.10 Å². The van der Waals surface area contributed by atoms with Crippen LogP contribution in [-0.2, 0) is 0 Å². The molecule has 2 heterocycles. The summed E-state index contributed by atoms with van der Waals surface area (Å²) >= 11 is 0. The van der Waals surface area contributed by atoms with Gasteiger partial charge in [-0.25, -0.2) is 0 Å². The third kappa shape index (κ3) is 3.91. The van der Waals surface area contributed by atoms with Gasteiger partial charge in [-0.1, -0.05) is 19.0 Å². The molecule has 21 heavy (non-hydrogen) atoms. The fraction of sp³-hybridized carbons (Fsp3) is 0.385. The van der Waals surface area contributed by atoms with Crippen molar-refractivity contribution in [1.29, 1.82) is 0 Å². The van der Waals surface area contributed by atoms with E-state index in [0.29, 0.717) is 24.5 Å². The smallest absolute Gasteiger partial charge is 0.273 e. The van der Waals surface area contributed by atoms with Crippen molar-refractivity contribution in [2.75, 3.05) is 13.1 Å². The average Bonchev–Trinajstić information content (AvgIpc) is 3.13. The maximum absolute atomic E-state index is 11.8. The molecule has 8 heteroatoms. The summed E-state index contributed by atoms with van der Waals surface area (Å²) < 4.78 is 5.05. The fourth-order valence-corrected chi connectivity index (χ4v) is 1.59. The number of hydrogen-bond donors (Lipinski definition) is 3. The predicted octanol–water partition coefficient (Wildman–Crippen LogP) is 0.681. The molecule has 2 aromatic heterocycles. The van der Waals surface area contributed by atoms with Crippen molar-refractivity contribution in [1.82, 2.24) is 26.0 Å². The Morgan fingerprint density at radius 2 is 2.00 bits per heavy atom. The molecule has 8 nitrogen and oxygen atoms in total. The Morgan fingerprint density at radius 3 is 2.57 bits per heavy atom.